The van der Waals surface area contributed by atoms with E-state index in [1.165, 1.54) is 0 Å². The van der Waals surface area contributed by atoms with Gasteiger partial charge in [0.2, 0.25) is 0 Å². The molecular formula is C23H21IO2. The van der Waals surface area contributed by atoms with Crippen LogP contribution in [-0.4, -0.2) is 15.6 Å². The number of aliphatic hydroxyl groups is 1. The standard InChI is InChI=1S/C23H21IO2/c24-16-20-21(17-10-4-1-5-11-17)23(25,19-14-8-3-9-15-19)22(26-20)18-12-6-2-7-13-18/h1-15,20-22,25H,16H2/t20-,21-,22+,23+/m0/s1. The third-order valence-electron chi connectivity index (χ3n) is 5.21. The van der Waals surface area contributed by atoms with Crippen molar-refractivity contribution in [2.45, 2.75) is 23.7 Å². The fourth-order valence-corrected chi connectivity index (χ4v) is 4.77. The van der Waals surface area contributed by atoms with Crippen molar-refractivity contribution in [2.24, 2.45) is 0 Å². The van der Waals surface area contributed by atoms with Gasteiger partial charge in [-0.1, -0.05) is 114 Å². The summed E-state index contributed by atoms with van der Waals surface area (Å²) in [6.45, 7) is 0. The predicted octanol–water partition coefficient (Wildman–Crippen LogP) is 5.23. The highest BCUT2D eigenvalue weighted by molar-refractivity contribution is 14.1. The molecule has 2 nitrogen and oxygen atoms in total. The SMILES string of the molecule is O[C@@]1(c2ccccc2)[C@@H](c2ccccc2)O[C@@H](CI)[C@@H]1c1ccccc1. The molecule has 0 radical (unpaired) electrons. The van der Waals surface area contributed by atoms with Gasteiger partial charge in [-0.05, 0) is 16.7 Å². The molecule has 4 atom stereocenters. The highest BCUT2D eigenvalue weighted by Crippen LogP contribution is 2.56. The summed E-state index contributed by atoms with van der Waals surface area (Å²) in [5, 5.41) is 12.2. The monoisotopic (exact) mass is 456 g/mol. The van der Waals surface area contributed by atoms with Crippen LogP contribution < -0.4 is 0 Å². The minimum atomic E-state index is -1.13. The summed E-state index contributed by atoms with van der Waals surface area (Å²) < 4.78 is 7.29. The van der Waals surface area contributed by atoms with Crippen LogP contribution in [0.2, 0.25) is 0 Å². The molecule has 0 unspecified atom stereocenters. The van der Waals surface area contributed by atoms with Crippen LogP contribution in [0.25, 0.3) is 0 Å². The van der Waals surface area contributed by atoms with E-state index in [2.05, 4.69) is 34.7 Å². The normalized spacial score (nSPS) is 28.2. The molecule has 1 aliphatic heterocycles. The summed E-state index contributed by atoms with van der Waals surface area (Å²) in [6, 6.07) is 30.3. The Morgan fingerprint density at radius 2 is 1.27 bits per heavy atom. The molecule has 1 fully saturated rings. The van der Waals surface area contributed by atoms with Crippen molar-refractivity contribution in [2.75, 3.05) is 4.43 Å². The molecule has 1 saturated heterocycles. The molecule has 3 heteroatoms. The smallest absolute Gasteiger partial charge is 0.129 e. The summed E-state index contributed by atoms with van der Waals surface area (Å²) in [5.41, 5.74) is 1.89. The van der Waals surface area contributed by atoms with Gasteiger partial charge in [0.05, 0.1) is 6.10 Å². The van der Waals surface area contributed by atoms with Crippen molar-refractivity contribution in [3.8, 4) is 0 Å². The zero-order valence-electron chi connectivity index (χ0n) is 14.3. The van der Waals surface area contributed by atoms with E-state index >= 15 is 0 Å². The van der Waals surface area contributed by atoms with Crippen molar-refractivity contribution in [1.82, 2.24) is 0 Å². The highest BCUT2D eigenvalue weighted by Gasteiger charge is 2.57. The fourth-order valence-electron chi connectivity index (χ4n) is 4.05. The van der Waals surface area contributed by atoms with E-state index in [1.54, 1.807) is 0 Å². The quantitative estimate of drug-likeness (QED) is 0.430. The Morgan fingerprint density at radius 1 is 0.769 bits per heavy atom. The first-order chi connectivity index (χ1) is 12.7. The number of benzene rings is 3. The molecule has 4 rings (SSSR count). The largest absolute Gasteiger partial charge is 0.381 e. The second kappa shape index (κ2) is 7.51. The Kier molecular flexibility index (Phi) is 5.11. The molecule has 0 aliphatic carbocycles. The maximum Gasteiger partial charge on any atom is 0.129 e. The van der Waals surface area contributed by atoms with Gasteiger partial charge in [-0.25, -0.2) is 0 Å². The van der Waals surface area contributed by atoms with Gasteiger partial charge in [-0.3, -0.25) is 0 Å². The molecule has 0 bridgehead atoms. The Hall–Kier alpha value is -1.69. The predicted molar refractivity (Wildman–Crippen MR) is 112 cm³/mol. The minimum Gasteiger partial charge on any atom is -0.381 e. The summed E-state index contributed by atoms with van der Waals surface area (Å²) in [6.07, 6.45) is -0.468. The van der Waals surface area contributed by atoms with Crippen molar-refractivity contribution < 1.29 is 9.84 Å². The summed E-state index contributed by atoms with van der Waals surface area (Å²) in [7, 11) is 0. The zero-order valence-corrected chi connectivity index (χ0v) is 16.5. The van der Waals surface area contributed by atoms with Crippen LogP contribution in [0.15, 0.2) is 91.0 Å². The average Bonchev–Trinajstić information content (AvgIpc) is 3.03. The molecular weight excluding hydrogens is 435 g/mol. The van der Waals surface area contributed by atoms with Gasteiger partial charge in [0.15, 0.2) is 0 Å². The van der Waals surface area contributed by atoms with E-state index in [0.29, 0.717) is 0 Å². The van der Waals surface area contributed by atoms with Crippen molar-refractivity contribution >= 4 is 22.6 Å². The molecule has 132 valence electrons. The van der Waals surface area contributed by atoms with Gasteiger partial charge in [-0.15, -0.1) is 0 Å². The van der Waals surface area contributed by atoms with E-state index < -0.39 is 11.7 Å². The Bertz CT molecular complexity index is 838. The molecule has 26 heavy (non-hydrogen) atoms. The molecule has 1 aliphatic rings. The van der Waals surface area contributed by atoms with E-state index in [4.69, 9.17) is 4.74 Å². The fraction of sp³-hybridized carbons (Fsp3) is 0.217. The van der Waals surface area contributed by atoms with Crippen LogP contribution in [-0.2, 0) is 10.3 Å². The van der Waals surface area contributed by atoms with Crippen LogP contribution in [0.5, 0.6) is 0 Å². The van der Waals surface area contributed by atoms with Crippen LogP contribution in [0.1, 0.15) is 28.7 Å². The number of halogens is 1. The highest BCUT2D eigenvalue weighted by atomic mass is 127. The second-order valence-electron chi connectivity index (χ2n) is 6.70. The van der Waals surface area contributed by atoms with E-state index in [-0.39, 0.29) is 12.0 Å². The second-order valence-corrected chi connectivity index (χ2v) is 7.58. The third kappa shape index (κ3) is 2.98. The number of hydrogen-bond acceptors (Lipinski definition) is 2. The molecule has 0 aromatic heterocycles. The summed E-state index contributed by atoms with van der Waals surface area (Å²) >= 11 is 2.36. The molecule has 1 N–H and O–H groups in total. The van der Waals surface area contributed by atoms with Crippen molar-refractivity contribution in [1.29, 1.82) is 0 Å². The number of alkyl halides is 1. The van der Waals surface area contributed by atoms with Gasteiger partial charge in [-0.2, -0.15) is 0 Å². The van der Waals surface area contributed by atoms with Crippen LogP contribution >= 0.6 is 22.6 Å². The summed E-state index contributed by atoms with van der Waals surface area (Å²) in [4.78, 5) is 0. The van der Waals surface area contributed by atoms with Gasteiger partial charge in [0.1, 0.15) is 11.7 Å². The topological polar surface area (TPSA) is 29.5 Å². The van der Waals surface area contributed by atoms with Gasteiger partial charge in [0.25, 0.3) is 0 Å². The lowest BCUT2D eigenvalue weighted by atomic mass is 9.72. The lowest BCUT2D eigenvalue weighted by Gasteiger charge is -2.35. The number of hydrogen-bond donors (Lipinski definition) is 1. The van der Waals surface area contributed by atoms with Crippen molar-refractivity contribution in [3.63, 3.8) is 0 Å². The molecule has 0 saturated carbocycles. The molecule has 1 heterocycles. The van der Waals surface area contributed by atoms with Crippen LogP contribution in [0.3, 0.4) is 0 Å². The summed E-state index contributed by atoms with van der Waals surface area (Å²) in [5.74, 6) is -0.131. The first-order valence-electron chi connectivity index (χ1n) is 8.84. The van der Waals surface area contributed by atoms with Gasteiger partial charge < -0.3 is 9.84 Å². The van der Waals surface area contributed by atoms with Crippen molar-refractivity contribution in [3.05, 3.63) is 108 Å². The maximum absolute atomic E-state index is 12.2. The lowest BCUT2D eigenvalue weighted by molar-refractivity contribution is -0.0550. The Morgan fingerprint density at radius 3 is 1.81 bits per heavy atom. The number of rotatable bonds is 4. The third-order valence-corrected chi connectivity index (χ3v) is 6.07. The first kappa shape index (κ1) is 17.7. The maximum atomic E-state index is 12.2. The van der Waals surface area contributed by atoms with Gasteiger partial charge in [0, 0.05) is 10.3 Å². The Balaban J connectivity index is 1.91. The molecule has 3 aromatic carbocycles. The Labute approximate surface area is 168 Å². The average molecular weight is 456 g/mol. The molecule has 0 spiro atoms. The van der Waals surface area contributed by atoms with E-state index in [0.717, 1.165) is 21.1 Å². The minimum absolute atomic E-state index is 0.0617. The first-order valence-corrected chi connectivity index (χ1v) is 10.4. The number of ether oxygens (including phenoxy) is 1. The zero-order chi connectivity index (χ0) is 18.0. The molecule has 0 amide bonds. The van der Waals surface area contributed by atoms with Gasteiger partial charge >= 0.3 is 0 Å². The van der Waals surface area contributed by atoms with E-state index in [1.807, 2.05) is 78.9 Å². The lowest BCUT2D eigenvalue weighted by Crippen LogP contribution is -2.36. The molecule has 3 aromatic rings. The van der Waals surface area contributed by atoms with Crippen LogP contribution in [0, 0.1) is 0 Å². The van der Waals surface area contributed by atoms with Crippen LogP contribution in [0.4, 0.5) is 0 Å². The van der Waals surface area contributed by atoms with E-state index in [9.17, 15) is 5.11 Å².